The average Bonchev–Trinajstić information content (AvgIpc) is 3.14. The van der Waals surface area contributed by atoms with Gasteiger partial charge >= 0.3 is 0 Å². The van der Waals surface area contributed by atoms with Crippen molar-refractivity contribution in [3.63, 3.8) is 0 Å². The number of unbranched alkanes of at least 4 members (excludes halogenated alkanes) is 1. The van der Waals surface area contributed by atoms with Crippen LogP contribution in [0.4, 0.5) is 5.69 Å². The Hall–Kier alpha value is -4.91. The van der Waals surface area contributed by atoms with Crippen molar-refractivity contribution < 1.29 is 19.1 Å². The van der Waals surface area contributed by atoms with Crippen LogP contribution in [0.2, 0.25) is 0 Å². The van der Waals surface area contributed by atoms with Crippen molar-refractivity contribution in [2.45, 2.75) is 59.0 Å². The number of nitrogens with two attached hydrogens (primary N) is 1. The summed E-state index contributed by atoms with van der Waals surface area (Å²) in [6.45, 7) is 6.36. The third-order valence-electron chi connectivity index (χ3n) is 8.56. The number of hydrogen-bond acceptors (Lipinski definition) is 4. The third kappa shape index (κ3) is 7.48. The molecular weight excluding hydrogens is 574 g/mol. The minimum absolute atomic E-state index is 0.155. The highest BCUT2D eigenvalue weighted by atomic mass is 16.5. The number of primary amides is 1. The van der Waals surface area contributed by atoms with Gasteiger partial charge in [0.25, 0.3) is 5.91 Å². The molecule has 4 aromatic rings. The second kappa shape index (κ2) is 14.9. The van der Waals surface area contributed by atoms with Crippen molar-refractivity contribution in [1.29, 1.82) is 0 Å². The normalized spacial score (nSPS) is 15.3. The summed E-state index contributed by atoms with van der Waals surface area (Å²) < 4.78 is 6.08. The lowest BCUT2D eigenvalue weighted by Gasteiger charge is -2.30. The first-order valence-electron chi connectivity index (χ1n) is 16.2. The zero-order chi connectivity index (χ0) is 32.6. The van der Waals surface area contributed by atoms with Crippen molar-refractivity contribution in [3.8, 4) is 22.6 Å². The zero-order valence-corrected chi connectivity index (χ0v) is 26.8. The number of nitrogens with one attached hydrogen (secondary N) is 1. The molecule has 238 valence electrons. The summed E-state index contributed by atoms with van der Waals surface area (Å²) in [5, 5.41) is 3.11. The van der Waals surface area contributed by atoms with E-state index >= 15 is 0 Å². The molecule has 3 unspecified atom stereocenters. The van der Waals surface area contributed by atoms with Gasteiger partial charge in [0.2, 0.25) is 11.8 Å². The van der Waals surface area contributed by atoms with E-state index in [2.05, 4.69) is 5.32 Å². The number of anilines is 1. The summed E-state index contributed by atoms with van der Waals surface area (Å²) in [7, 11) is 0. The highest BCUT2D eigenvalue weighted by Gasteiger charge is 2.39. The average molecular weight is 618 g/mol. The molecule has 3 amide bonds. The number of carbonyl (C=O) groups excluding carboxylic acids is 3. The molecule has 3 atom stereocenters. The first-order valence-corrected chi connectivity index (χ1v) is 16.2. The van der Waals surface area contributed by atoms with E-state index in [9.17, 15) is 14.4 Å². The number of hydrogen-bond donors (Lipinski definition) is 2. The predicted molar refractivity (Wildman–Crippen MR) is 182 cm³/mol. The van der Waals surface area contributed by atoms with E-state index in [0.29, 0.717) is 24.2 Å². The molecule has 7 nitrogen and oxygen atoms in total. The number of amides is 3. The fraction of sp³-hybridized carbons (Fsp3) is 0.308. The SMILES string of the molecule is CCCCC(C(N)=O)C(CC(C)C)C(=O)NC1C(=O)N(Cc2cccc(Oc3ccccc3)c2)c2ccccc2-c2ccccc21. The Labute approximate surface area is 271 Å². The van der Waals surface area contributed by atoms with Crippen molar-refractivity contribution in [3.05, 3.63) is 114 Å². The number of carbonyl (C=O) groups is 3. The lowest BCUT2D eigenvalue weighted by molar-refractivity contribution is -0.136. The van der Waals surface area contributed by atoms with E-state index in [1.54, 1.807) is 4.90 Å². The van der Waals surface area contributed by atoms with Gasteiger partial charge in [0.1, 0.15) is 17.5 Å². The van der Waals surface area contributed by atoms with Gasteiger partial charge in [0.15, 0.2) is 0 Å². The van der Waals surface area contributed by atoms with Crippen LogP contribution in [0.3, 0.4) is 0 Å². The highest BCUT2D eigenvalue weighted by Crippen LogP contribution is 2.41. The van der Waals surface area contributed by atoms with Gasteiger partial charge in [-0.05, 0) is 65.8 Å². The summed E-state index contributed by atoms with van der Waals surface area (Å²) in [6.07, 6.45) is 2.70. The Bertz CT molecular complexity index is 1670. The molecule has 5 rings (SSSR count). The van der Waals surface area contributed by atoms with Gasteiger partial charge in [-0.15, -0.1) is 0 Å². The number of benzene rings is 4. The van der Waals surface area contributed by atoms with Crippen molar-refractivity contribution >= 4 is 23.4 Å². The Balaban J connectivity index is 1.52. The Morgan fingerprint density at radius 1 is 0.848 bits per heavy atom. The quantitative estimate of drug-likeness (QED) is 0.160. The molecule has 1 aliphatic rings. The molecule has 4 aromatic carbocycles. The van der Waals surface area contributed by atoms with Crippen LogP contribution in [-0.4, -0.2) is 17.7 Å². The topological polar surface area (TPSA) is 102 Å². The summed E-state index contributed by atoms with van der Waals surface area (Å²) in [4.78, 5) is 43.3. The van der Waals surface area contributed by atoms with E-state index in [1.165, 1.54) is 0 Å². The second-order valence-electron chi connectivity index (χ2n) is 12.4. The third-order valence-corrected chi connectivity index (χ3v) is 8.56. The first kappa shape index (κ1) is 32.5. The smallest absolute Gasteiger partial charge is 0.254 e. The molecule has 0 aromatic heterocycles. The van der Waals surface area contributed by atoms with Gasteiger partial charge in [-0.25, -0.2) is 0 Å². The number of rotatable bonds is 13. The Morgan fingerprint density at radius 3 is 2.24 bits per heavy atom. The Kier molecular flexibility index (Phi) is 10.5. The predicted octanol–water partition coefficient (Wildman–Crippen LogP) is 7.80. The largest absolute Gasteiger partial charge is 0.457 e. The molecule has 0 radical (unpaired) electrons. The molecule has 0 fully saturated rings. The zero-order valence-electron chi connectivity index (χ0n) is 26.8. The van der Waals surface area contributed by atoms with E-state index in [0.717, 1.165) is 41.0 Å². The van der Waals surface area contributed by atoms with Crippen molar-refractivity contribution in [1.82, 2.24) is 5.32 Å². The van der Waals surface area contributed by atoms with Gasteiger partial charge in [0, 0.05) is 17.4 Å². The van der Waals surface area contributed by atoms with Crippen molar-refractivity contribution in [2.24, 2.45) is 23.5 Å². The molecule has 0 saturated carbocycles. The maximum absolute atomic E-state index is 14.7. The molecule has 1 heterocycles. The van der Waals surface area contributed by atoms with Crippen LogP contribution in [0.5, 0.6) is 11.5 Å². The fourth-order valence-corrected chi connectivity index (χ4v) is 6.33. The molecule has 0 saturated heterocycles. The molecular formula is C39H43N3O4. The van der Waals surface area contributed by atoms with Crippen molar-refractivity contribution in [2.75, 3.05) is 4.90 Å². The van der Waals surface area contributed by atoms with Crippen LogP contribution < -0.4 is 20.7 Å². The number of fused-ring (bicyclic) bond motifs is 3. The van der Waals surface area contributed by atoms with Gasteiger partial charge in [-0.2, -0.15) is 0 Å². The van der Waals surface area contributed by atoms with Gasteiger partial charge in [0.05, 0.1) is 12.2 Å². The maximum Gasteiger partial charge on any atom is 0.254 e. The van der Waals surface area contributed by atoms with Crippen LogP contribution in [0.25, 0.3) is 11.1 Å². The molecule has 46 heavy (non-hydrogen) atoms. The molecule has 0 bridgehead atoms. The number of para-hydroxylation sites is 2. The molecule has 0 aliphatic carbocycles. The van der Waals surface area contributed by atoms with Gasteiger partial charge in [-0.3, -0.25) is 14.4 Å². The maximum atomic E-state index is 14.7. The second-order valence-corrected chi connectivity index (χ2v) is 12.4. The summed E-state index contributed by atoms with van der Waals surface area (Å²) in [6, 6.07) is 31.8. The highest BCUT2D eigenvalue weighted by molar-refractivity contribution is 6.06. The van der Waals surface area contributed by atoms with Crippen LogP contribution in [0.15, 0.2) is 103 Å². The van der Waals surface area contributed by atoms with Gasteiger partial charge < -0.3 is 20.7 Å². The standard InChI is InChI=1S/C39H43N3O4/c1-4-5-18-33(37(40)43)34(23-26(2)3)38(44)41-36-32-21-10-9-19-30(32)31-20-11-12-22-35(31)42(39(36)45)25-27-14-13-17-29(24-27)46-28-15-7-6-8-16-28/h6-17,19-22,24,26,33-34,36H,4-5,18,23,25H2,1-3H3,(H2,40,43)(H,41,44). The van der Waals surface area contributed by atoms with E-state index < -0.39 is 23.8 Å². The molecule has 1 aliphatic heterocycles. The fourth-order valence-electron chi connectivity index (χ4n) is 6.33. The lowest BCUT2D eigenvalue weighted by atomic mass is 9.81. The minimum Gasteiger partial charge on any atom is -0.457 e. The minimum atomic E-state index is -0.964. The van der Waals surface area contributed by atoms with Crippen LogP contribution >= 0.6 is 0 Å². The monoisotopic (exact) mass is 617 g/mol. The number of ether oxygens (including phenoxy) is 1. The number of nitrogens with zero attached hydrogens (tertiary/aromatic N) is 1. The lowest BCUT2D eigenvalue weighted by Crippen LogP contribution is -2.47. The van der Waals surface area contributed by atoms with Gasteiger partial charge in [-0.1, -0.05) is 106 Å². The van der Waals surface area contributed by atoms with E-state index in [1.807, 2.05) is 124 Å². The summed E-state index contributed by atoms with van der Waals surface area (Å²) in [5.41, 5.74) is 9.99. The van der Waals surface area contributed by atoms with Crippen LogP contribution in [0, 0.1) is 17.8 Å². The Morgan fingerprint density at radius 2 is 1.52 bits per heavy atom. The molecule has 7 heteroatoms. The summed E-state index contributed by atoms with van der Waals surface area (Å²) in [5.74, 6) is -0.782. The van der Waals surface area contributed by atoms with E-state index in [4.69, 9.17) is 10.5 Å². The van der Waals surface area contributed by atoms with Crippen LogP contribution in [0.1, 0.15) is 63.6 Å². The van der Waals surface area contributed by atoms with E-state index in [-0.39, 0.29) is 24.3 Å². The first-order chi connectivity index (χ1) is 22.3. The summed E-state index contributed by atoms with van der Waals surface area (Å²) >= 11 is 0. The molecule has 0 spiro atoms. The van der Waals surface area contributed by atoms with Crippen LogP contribution in [-0.2, 0) is 20.9 Å². The molecule has 3 N–H and O–H groups in total.